The highest BCUT2D eigenvalue weighted by molar-refractivity contribution is 7.89. The molecule has 2 aliphatic rings. The molecule has 1 aromatic rings. The minimum Gasteiger partial charge on any atom is -0.381 e. The molecule has 30 heavy (non-hydrogen) atoms. The molecule has 2 fully saturated rings. The predicted molar refractivity (Wildman–Crippen MR) is 112 cm³/mol. The Kier molecular flexibility index (Phi) is 7.84. The van der Waals surface area contributed by atoms with Crippen molar-refractivity contribution in [2.24, 2.45) is 0 Å². The molecule has 1 unspecified atom stereocenters. The van der Waals surface area contributed by atoms with E-state index in [0.29, 0.717) is 37.9 Å². The van der Waals surface area contributed by atoms with Crippen molar-refractivity contribution in [1.82, 2.24) is 14.5 Å². The molecule has 0 spiro atoms. The topological polar surface area (TPSA) is 79.0 Å². The highest BCUT2D eigenvalue weighted by Gasteiger charge is 2.32. The molecule has 9 heteroatoms. The average molecular weight is 442 g/mol. The van der Waals surface area contributed by atoms with Crippen molar-refractivity contribution in [3.8, 4) is 0 Å². The Bertz CT molecular complexity index is 843. The lowest BCUT2D eigenvalue weighted by Gasteiger charge is -2.44. The normalized spacial score (nSPS) is 21.2. The predicted octanol–water partition coefficient (Wildman–Crippen LogP) is 1.90. The SMILES string of the molecule is CC(=O)N1CCCC(N(CCNS(=O)(=O)c2cc(F)ccc2C)C2CCOCC2)C1. The highest BCUT2D eigenvalue weighted by Crippen LogP contribution is 2.23. The lowest BCUT2D eigenvalue weighted by Crippen LogP contribution is -2.55. The van der Waals surface area contributed by atoms with Crippen LogP contribution in [0.4, 0.5) is 4.39 Å². The molecule has 1 aromatic carbocycles. The maximum atomic E-state index is 13.6. The van der Waals surface area contributed by atoms with Crippen LogP contribution in [0.25, 0.3) is 0 Å². The molecule has 0 aromatic heterocycles. The Hall–Kier alpha value is -1.55. The zero-order chi connectivity index (χ0) is 21.7. The first-order valence-corrected chi connectivity index (χ1v) is 12.1. The number of aryl methyl sites for hydroxylation is 1. The smallest absolute Gasteiger partial charge is 0.240 e. The van der Waals surface area contributed by atoms with Crippen LogP contribution in [0.2, 0.25) is 0 Å². The number of piperidine rings is 1. The molecule has 0 radical (unpaired) electrons. The van der Waals surface area contributed by atoms with Gasteiger partial charge in [-0.15, -0.1) is 0 Å². The highest BCUT2D eigenvalue weighted by atomic mass is 32.2. The molecule has 1 amide bonds. The van der Waals surface area contributed by atoms with Crippen molar-refractivity contribution in [2.45, 2.75) is 56.5 Å². The molecule has 7 nitrogen and oxygen atoms in total. The average Bonchev–Trinajstić information content (AvgIpc) is 2.73. The molecule has 0 saturated carbocycles. The summed E-state index contributed by atoms with van der Waals surface area (Å²) < 4.78 is 47.1. The summed E-state index contributed by atoms with van der Waals surface area (Å²) in [5.74, 6) is -0.495. The van der Waals surface area contributed by atoms with Crippen molar-refractivity contribution >= 4 is 15.9 Å². The third-order valence-electron chi connectivity index (χ3n) is 6.07. The van der Waals surface area contributed by atoms with E-state index in [-0.39, 0.29) is 23.4 Å². The van der Waals surface area contributed by atoms with Gasteiger partial charge in [-0.25, -0.2) is 17.5 Å². The number of likely N-dealkylation sites (tertiary alicyclic amines) is 1. The van der Waals surface area contributed by atoms with Gasteiger partial charge in [-0.3, -0.25) is 9.69 Å². The van der Waals surface area contributed by atoms with E-state index in [1.807, 2.05) is 4.90 Å². The van der Waals surface area contributed by atoms with Crippen LogP contribution < -0.4 is 4.72 Å². The van der Waals surface area contributed by atoms with Crippen molar-refractivity contribution < 1.29 is 22.3 Å². The van der Waals surface area contributed by atoms with E-state index < -0.39 is 15.8 Å². The van der Waals surface area contributed by atoms with Crippen LogP contribution >= 0.6 is 0 Å². The van der Waals surface area contributed by atoms with Gasteiger partial charge in [-0.2, -0.15) is 0 Å². The number of benzene rings is 1. The molecular weight excluding hydrogens is 409 g/mol. The Labute approximate surface area is 178 Å². The monoisotopic (exact) mass is 441 g/mol. The number of sulfonamides is 1. The Morgan fingerprint density at radius 2 is 2.00 bits per heavy atom. The number of halogens is 1. The summed E-state index contributed by atoms with van der Waals surface area (Å²) in [6, 6.07) is 4.28. The third-order valence-corrected chi connectivity index (χ3v) is 7.68. The molecule has 1 atom stereocenters. The van der Waals surface area contributed by atoms with Gasteiger partial charge >= 0.3 is 0 Å². The summed E-state index contributed by atoms with van der Waals surface area (Å²) in [5, 5.41) is 0. The molecule has 2 saturated heterocycles. The molecular formula is C21H32FN3O4S. The van der Waals surface area contributed by atoms with Crippen molar-refractivity contribution in [2.75, 3.05) is 39.4 Å². The zero-order valence-electron chi connectivity index (χ0n) is 17.8. The summed E-state index contributed by atoms with van der Waals surface area (Å²) in [6.45, 7) is 6.84. The summed E-state index contributed by atoms with van der Waals surface area (Å²) in [7, 11) is -3.80. The number of hydrogen-bond acceptors (Lipinski definition) is 5. The van der Waals surface area contributed by atoms with Gasteiger partial charge in [-0.05, 0) is 50.3 Å². The molecule has 2 heterocycles. The minimum absolute atomic E-state index is 0.0273. The van der Waals surface area contributed by atoms with Gasteiger partial charge in [0.25, 0.3) is 0 Å². The maximum absolute atomic E-state index is 13.6. The number of carbonyl (C=O) groups is 1. The van der Waals surface area contributed by atoms with Crippen LogP contribution in [-0.4, -0.2) is 75.6 Å². The van der Waals surface area contributed by atoms with Gasteiger partial charge in [0, 0.05) is 58.4 Å². The van der Waals surface area contributed by atoms with Gasteiger partial charge in [-0.1, -0.05) is 6.07 Å². The molecule has 3 rings (SSSR count). The van der Waals surface area contributed by atoms with E-state index in [0.717, 1.165) is 38.3 Å². The van der Waals surface area contributed by atoms with Crippen LogP contribution in [0.5, 0.6) is 0 Å². The van der Waals surface area contributed by atoms with Crippen LogP contribution in [0.15, 0.2) is 23.1 Å². The first-order chi connectivity index (χ1) is 14.3. The number of carbonyl (C=O) groups excluding carboxylic acids is 1. The number of hydrogen-bond donors (Lipinski definition) is 1. The summed E-state index contributed by atoms with van der Waals surface area (Å²) in [6.07, 6.45) is 3.72. The molecule has 1 N–H and O–H groups in total. The van der Waals surface area contributed by atoms with E-state index in [2.05, 4.69) is 9.62 Å². The van der Waals surface area contributed by atoms with Crippen LogP contribution in [0.1, 0.15) is 38.2 Å². The molecule has 2 aliphatic heterocycles. The van der Waals surface area contributed by atoms with Crippen molar-refractivity contribution in [3.63, 3.8) is 0 Å². The Balaban J connectivity index is 1.68. The lowest BCUT2D eigenvalue weighted by molar-refractivity contribution is -0.131. The Morgan fingerprint density at radius 3 is 2.70 bits per heavy atom. The number of nitrogens with one attached hydrogen (secondary N) is 1. The number of nitrogens with zero attached hydrogens (tertiary/aromatic N) is 2. The lowest BCUT2D eigenvalue weighted by atomic mass is 9.98. The fraction of sp³-hybridized carbons (Fsp3) is 0.667. The van der Waals surface area contributed by atoms with Crippen molar-refractivity contribution in [1.29, 1.82) is 0 Å². The molecule has 0 bridgehead atoms. The zero-order valence-corrected chi connectivity index (χ0v) is 18.6. The number of rotatable bonds is 7. The van der Waals surface area contributed by atoms with Gasteiger partial charge in [0.15, 0.2) is 0 Å². The van der Waals surface area contributed by atoms with Gasteiger partial charge in [0.2, 0.25) is 15.9 Å². The van der Waals surface area contributed by atoms with Crippen LogP contribution in [0.3, 0.4) is 0 Å². The first kappa shape index (κ1) is 23.1. The molecule has 168 valence electrons. The van der Waals surface area contributed by atoms with E-state index >= 15 is 0 Å². The van der Waals surface area contributed by atoms with Crippen LogP contribution in [0, 0.1) is 12.7 Å². The number of ether oxygens (including phenoxy) is 1. The van der Waals surface area contributed by atoms with Crippen molar-refractivity contribution in [3.05, 3.63) is 29.6 Å². The quantitative estimate of drug-likeness (QED) is 0.699. The largest absolute Gasteiger partial charge is 0.381 e. The fourth-order valence-electron chi connectivity index (χ4n) is 4.44. The second-order valence-corrected chi connectivity index (χ2v) is 9.89. The maximum Gasteiger partial charge on any atom is 0.240 e. The van der Waals surface area contributed by atoms with Crippen LogP contribution in [-0.2, 0) is 19.6 Å². The summed E-state index contributed by atoms with van der Waals surface area (Å²) in [5.41, 5.74) is 0.509. The van der Waals surface area contributed by atoms with E-state index in [1.54, 1.807) is 13.8 Å². The van der Waals surface area contributed by atoms with Gasteiger partial charge in [0.1, 0.15) is 5.82 Å². The first-order valence-electron chi connectivity index (χ1n) is 10.6. The third kappa shape index (κ3) is 5.78. The van der Waals surface area contributed by atoms with E-state index in [1.165, 1.54) is 12.1 Å². The second-order valence-electron chi connectivity index (χ2n) is 8.15. The fourth-order valence-corrected chi connectivity index (χ4v) is 5.72. The summed E-state index contributed by atoms with van der Waals surface area (Å²) in [4.78, 5) is 16.1. The van der Waals surface area contributed by atoms with Gasteiger partial charge in [0.05, 0.1) is 4.90 Å². The minimum atomic E-state index is -3.80. The standard InChI is InChI=1S/C21H32FN3O4S/c1-16-5-6-18(22)14-21(16)30(27,28)23-9-11-25(19-7-12-29-13-8-19)20-4-3-10-24(15-20)17(2)26/h5-6,14,19-20,23H,3-4,7-13,15H2,1-2H3. The van der Waals surface area contributed by atoms with E-state index in [4.69, 9.17) is 4.74 Å². The number of amides is 1. The Morgan fingerprint density at radius 1 is 1.27 bits per heavy atom. The van der Waals surface area contributed by atoms with Gasteiger partial charge < -0.3 is 9.64 Å². The molecule has 0 aliphatic carbocycles. The second kappa shape index (κ2) is 10.2. The van der Waals surface area contributed by atoms with E-state index in [9.17, 15) is 17.6 Å². The summed E-state index contributed by atoms with van der Waals surface area (Å²) >= 11 is 0.